The van der Waals surface area contributed by atoms with Crippen molar-refractivity contribution in [1.82, 2.24) is 10.2 Å². The van der Waals surface area contributed by atoms with Crippen LogP contribution in [0.4, 0.5) is 0 Å². The third-order valence-electron chi connectivity index (χ3n) is 3.45. The maximum absolute atomic E-state index is 11.5. The van der Waals surface area contributed by atoms with Crippen LogP contribution in [0, 0.1) is 0 Å². The predicted molar refractivity (Wildman–Crippen MR) is 75.1 cm³/mol. The molecule has 1 unspecified atom stereocenters. The van der Waals surface area contributed by atoms with Crippen LogP contribution in [-0.2, 0) is 11.3 Å². The van der Waals surface area contributed by atoms with E-state index in [1.54, 1.807) is 7.11 Å². The minimum atomic E-state index is 0.287. The second kappa shape index (κ2) is 6.57. The first-order chi connectivity index (χ1) is 9.19. The first-order valence-corrected chi connectivity index (χ1v) is 6.83. The summed E-state index contributed by atoms with van der Waals surface area (Å²) in [5.74, 6) is 1.16. The molecule has 104 valence electrons. The molecule has 1 heterocycles. The highest BCUT2D eigenvalue weighted by atomic mass is 16.5. The molecule has 4 heteroatoms. The van der Waals surface area contributed by atoms with E-state index in [1.807, 2.05) is 23.1 Å². The molecule has 1 amide bonds. The summed E-state index contributed by atoms with van der Waals surface area (Å²) < 4.78 is 5.20. The monoisotopic (exact) mass is 262 g/mol. The van der Waals surface area contributed by atoms with E-state index in [2.05, 4.69) is 18.3 Å². The number of carbonyl (C=O) groups excluding carboxylic acids is 1. The normalized spacial score (nSPS) is 16.7. The lowest BCUT2D eigenvalue weighted by Crippen LogP contribution is -2.39. The van der Waals surface area contributed by atoms with Crippen LogP contribution in [0.25, 0.3) is 0 Å². The summed E-state index contributed by atoms with van der Waals surface area (Å²) in [7, 11) is 1.67. The first kappa shape index (κ1) is 13.9. The number of carbonyl (C=O) groups is 1. The molecule has 4 nitrogen and oxygen atoms in total. The summed E-state index contributed by atoms with van der Waals surface area (Å²) in [4.78, 5) is 13.5. The van der Waals surface area contributed by atoms with Gasteiger partial charge in [-0.05, 0) is 31.0 Å². The molecule has 1 aliphatic rings. The van der Waals surface area contributed by atoms with Crippen molar-refractivity contribution in [2.75, 3.05) is 20.2 Å². The fourth-order valence-corrected chi connectivity index (χ4v) is 2.37. The second-order valence-corrected chi connectivity index (χ2v) is 5.08. The van der Waals surface area contributed by atoms with Gasteiger partial charge in [0.05, 0.1) is 7.11 Å². The Morgan fingerprint density at radius 1 is 1.47 bits per heavy atom. The number of hydrogen-bond acceptors (Lipinski definition) is 3. The van der Waals surface area contributed by atoms with E-state index >= 15 is 0 Å². The molecule has 0 saturated carbocycles. The summed E-state index contributed by atoms with van der Waals surface area (Å²) in [5, 5.41) is 3.45. The predicted octanol–water partition coefficient (Wildman–Crippen LogP) is 1.80. The number of amides is 1. The van der Waals surface area contributed by atoms with Crippen LogP contribution in [-0.4, -0.2) is 37.0 Å². The molecule has 1 aromatic rings. The van der Waals surface area contributed by atoms with Gasteiger partial charge < -0.3 is 15.0 Å². The minimum absolute atomic E-state index is 0.287. The fraction of sp³-hybridized carbons (Fsp3) is 0.533. The molecule has 1 aliphatic heterocycles. The van der Waals surface area contributed by atoms with E-state index in [1.165, 1.54) is 5.56 Å². The third-order valence-corrected chi connectivity index (χ3v) is 3.45. The molecule has 1 saturated heterocycles. The van der Waals surface area contributed by atoms with Crippen LogP contribution >= 0.6 is 0 Å². The van der Waals surface area contributed by atoms with Crippen molar-refractivity contribution in [1.29, 1.82) is 0 Å². The van der Waals surface area contributed by atoms with Crippen molar-refractivity contribution < 1.29 is 9.53 Å². The van der Waals surface area contributed by atoms with Crippen LogP contribution in [0.5, 0.6) is 5.75 Å². The molecule has 0 bridgehead atoms. The van der Waals surface area contributed by atoms with E-state index in [0.717, 1.165) is 31.8 Å². The van der Waals surface area contributed by atoms with Gasteiger partial charge >= 0.3 is 0 Å². The third kappa shape index (κ3) is 3.96. The molecule has 0 radical (unpaired) electrons. The number of methoxy groups -OCH3 is 1. The molecule has 0 aromatic heterocycles. The number of likely N-dealkylation sites (tertiary alicyclic amines) is 1. The summed E-state index contributed by atoms with van der Waals surface area (Å²) in [6.07, 6.45) is 1.71. The Morgan fingerprint density at radius 2 is 2.32 bits per heavy atom. The Hall–Kier alpha value is -1.55. The summed E-state index contributed by atoms with van der Waals surface area (Å²) in [5.41, 5.74) is 1.19. The SMILES string of the molecule is COc1cccc(CNC(C)CN2CCCC2=O)c1. The summed E-state index contributed by atoms with van der Waals surface area (Å²) in [6.45, 7) is 4.61. The van der Waals surface area contributed by atoms with Gasteiger partial charge in [-0.15, -0.1) is 0 Å². The molecule has 1 atom stereocenters. The van der Waals surface area contributed by atoms with E-state index in [-0.39, 0.29) is 5.91 Å². The Morgan fingerprint density at radius 3 is 3.00 bits per heavy atom. The minimum Gasteiger partial charge on any atom is -0.497 e. The Bertz CT molecular complexity index is 434. The van der Waals surface area contributed by atoms with Crippen LogP contribution in [0.3, 0.4) is 0 Å². The lowest BCUT2D eigenvalue weighted by Gasteiger charge is -2.21. The zero-order chi connectivity index (χ0) is 13.7. The molecular formula is C15H22N2O2. The molecule has 0 spiro atoms. The number of hydrogen-bond donors (Lipinski definition) is 1. The molecule has 1 fully saturated rings. The van der Waals surface area contributed by atoms with E-state index in [9.17, 15) is 4.79 Å². The van der Waals surface area contributed by atoms with Gasteiger partial charge in [0.1, 0.15) is 5.75 Å². The fourth-order valence-electron chi connectivity index (χ4n) is 2.37. The lowest BCUT2D eigenvalue weighted by molar-refractivity contribution is -0.127. The smallest absolute Gasteiger partial charge is 0.222 e. The zero-order valence-corrected chi connectivity index (χ0v) is 11.7. The van der Waals surface area contributed by atoms with Crippen molar-refractivity contribution in [2.45, 2.75) is 32.4 Å². The summed E-state index contributed by atoms with van der Waals surface area (Å²) in [6, 6.07) is 8.33. The zero-order valence-electron chi connectivity index (χ0n) is 11.7. The van der Waals surface area contributed by atoms with E-state index in [0.29, 0.717) is 12.5 Å². The van der Waals surface area contributed by atoms with Gasteiger partial charge in [0, 0.05) is 32.1 Å². The van der Waals surface area contributed by atoms with Crippen molar-refractivity contribution in [3.63, 3.8) is 0 Å². The Labute approximate surface area is 114 Å². The van der Waals surface area contributed by atoms with Crippen LogP contribution in [0.2, 0.25) is 0 Å². The van der Waals surface area contributed by atoms with Crippen LogP contribution in [0.15, 0.2) is 24.3 Å². The average molecular weight is 262 g/mol. The van der Waals surface area contributed by atoms with Gasteiger partial charge in [0.25, 0.3) is 0 Å². The highest BCUT2D eigenvalue weighted by Gasteiger charge is 2.21. The van der Waals surface area contributed by atoms with Crippen molar-refractivity contribution >= 4 is 5.91 Å². The topological polar surface area (TPSA) is 41.6 Å². The van der Waals surface area contributed by atoms with Crippen LogP contribution < -0.4 is 10.1 Å². The average Bonchev–Trinajstić information content (AvgIpc) is 2.82. The maximum atomic E-state index is 11.5. The van der Waals surface area contributed by atoms with Crippen LogP contribution in [0.1, 0.15) is 25.3 Å². The second-order valence-electron chi connectivity index (χ2n) is 5.08. The lowest BCUT2D eigenvalue weighted by atomic mass is 10.2. The quantitative estimate of drug-likeness (QED) is 0.850. The van der Waals surface area contributed by atoms with Gasteiger partial charge in [-0.2, -0.15) is 0 Å². The van der Waals surface area contributed by atoms with Crippen molar-refractivity contribution in [3.8, 4) is 5.75 Å². The highest BCUT2D eigenvalue weighted by molar-refractivity contribution is 5.78. The number of benzene rings is 1. The molecular weight excluding hydrogens is 240 g/mol. The number of ether oxygens (including phenoxy) is 1. The van der Waals surface area contributed by atoms with Gasteiger partial charge in [0.2, 0.25) is 5.91 Å². The highest BCUT2D eigenvalue weighted by Crippen LogP contribution is 2.13. The van der Waals surface area contributed by atoms with Gasteiger partial charge in [-0.3, -0.25) is 4.79 Å². The van der Waals surface area contributed by atoms with Crippen molar-refractivity contribution in [3.05, 3.63) is 29.8 Å². The largest absolute Gasteiger partial charge is 0.497 e. The number of rotatable bonds is 6. The molecule has 1 aromatic carbocycles. The number of nitrogens with one attached hydrogen (secondary N) is 1. The molecule has 1 N–H and O–H groups in total. The van der Waals surface area contributed by atoms with Crippen molar-refractivity contribution in [2.24, 2.45) is 0 Å². The molecule has 0 aliphatic carbocycles. The van der Waals surface area contributed by atoms with Gasteiger partial charge in [-0.1, -0.05) is 12.1 Å². The molecule has 19 heavy (non-hydrogen) atoms. The maximum Gasteiger partial charge on any atom is 0.222 e. The van der Waals surface area contributed by atoms with E-state index in [4.69, 9.17) is 4.74 Å². The number of nitrogens with zero attached hydrogens (tertiary/aromatic N) is 1. The Balaban J connectivity index is 1.79. The Kier molecular flexibility index (Phi) is 4.80. The molecule has 2 rings (SSSR count). The first-order valence-electron chi connectivity index (χ1n) is 6.83. The summed E-state index contributed by atoms with van der Waals surface area (Å²) >= 11 is 0. The van der Waals surface area contributed by atoms with Gasteiger partial charge in [-0.25, -0.2) is 0 Å². The van der Waals surface area contributed by atoms with Gasteiger partial charge in [0.15, 0.2) is 0 Å². The standard InChI is InChI=1S/C15H22N2O2/c1-12(11-17-8-4-7-15(17)18)16-10-13-5-3-6-14(9-13)19-2/h3,5-6,9,12,16H,4,7-8,10-11H2,1-2H3. The van der Waals surface area contributed by atoms with E-state index < -0.39 is 0 Å².